The Bertz CT molecular complexity index is 400. The highest BCUT2D eigenvalue weighted by Gasteiger charge is 2.36. The van der Waals surface area contributed by atoms with E-state index < -0.39 is 0 Å². The summed E-state index contributed by atoms with van der Waals surface area (Å²) in [7, 11) is 0. The second kappa shape index (κ2) is 4.43. The first-order valence-corrected chi connectivity index (χ1v) is 6.79. The van der Waals surface area contributed by atoms with E-state index in [-0.39, 0.29) is 6.10 Å². The van der Waals surface area contributed by atoms with Crippen LogP contribution in [0.1, 0.15) is 37.0 Å². The molecule has 92 valence electrons. The molecule has 2 atom stereocenters. The van der Waals surface area contributed by atoms with Crippen molar-refractivity contribution in [1.82, 2.24) is 4.90 Å². The van der Waals surface area contributed by atoms with Crippen molar-refractivity contribution in [3.63, 3.8) is 0 Å². The first kappa shape index (κ1) is 11.2. The minimum atomic E-state index is -0.287. The summed E-state index contributed by atoms with van der Waals surface area (Å²) >= 11 is 0. The third-order valence-corrected chi connectivity index (χ3v) is 4.23. The summed E-state index contributed by atoms with van der Waals surface area (Å²) in [4.78, 5) is 2.47. The van der Waals surface area contributed by atoms with E-state index in [1.807, 2.05) is 6.07 Å². The Labute approximate surface area is 103 Å². The lowest BCUT2D eigenvalue weighted by Gasteiger charge is -2.30. The zero-order valence-electron chi connectivity index (χ0n) is 10.5. The number of nitrogens with zero attached hydrogens (tertiary/aromatic N) is 1. The molecule has 1 aromatic carbocycles. The van der Waals surface area contributed by atoms with Gasteiger partial charge in [0.2, 0.25) is 0 Å². The Balaban J connectivity index is 1.76. The second-order valence-corrected chi connectivity index (χ2v) is 5.45. The molecule has 1 fully saturated rings. The van der Waals surface area contributed by atoms with Gasteiger partial charge in [0.05, 0.1) is 6.10 Å². The minimum Gasteiger partial charge on any atom is -0.387 e. The van der Waals surface area contributed by atoms with Crippen molar-refractivity contribution in [3.8, 4) is 0 Å². The van der Waals surface area contributed by atoms with Gasteiger partial charge in [-0.25, -0.2) is 0 Å². The van der Waals surface area contributed by atoms with Gasteiger partial charge in [0.25, 0.3) is 0 Å². The van der Waals surface area contributed by atoms with Gasteiger partial charge in [-0.3, -0.25) is 4.90 Å². The van der Waals surface area contributed by atoms with E-state index in [4.69, 9.17) is 0 Å². The van der Waals surface area contributed by atoms with Crippen LogP contribution in [-0.2, 0) is 6.42 Å². The molecule has 0 spiro atoms. The lowest BCUT2D eigenvalue weighted by molar-refractivity contribution is 0.0609. The van der Waals surface area contributed by atoms with E-state index in [9.17, 15) is 5.11 Å². The van der Waals surface area contributed by atoms with Crippen molar-refractivity contribution in [2.45, 2.75) is 38.3 Å². The van der Waals surface area contributed by atoms with Gasteiger partial charge in [-0.05, 0) is 42.9 Å². The van der Waals surface area contributed by atoms with E-state index in [0.717, 1.165) is 24.4 Å². The van der Waals surface area contributed by atoms with Crippen LogP contribution in [-0.4, -0.2) is 29.1 Å². The van der Waals surface area contributed by atoms with Gasteiger partial charge in [-0.1, -0.05) is 31.2 Å². The number of fused-ring (bicyclic) bond motifs is 1. The maximum atomic E-state index is 10.4. The molecule has 2 aliphatic rings. The zero-order chi connectivity index (χ0) is 11.8. The number of likely N-dealkylation sites (N-methyl/N-ethyl adjacent to an activating group) is 1. The summed E-state index contributed by atoms with van der Waals surface area (Å²) in [6.45, 7) is 4.43. The van der Waals surface area contributed by atoms with Crippen molar-refractivity contribution in [1.29, 1.82) is 0 Å². The largest absolute Gasteiger partial charge is 0.387 e. The fourth-order valence-electron chi connectivity index (χ4n) is 3.01. The molecule has 0 bridgehead atoms. The molecule has 0 aromatic heterocycles. The van der Waals surface area contributed by atoms with Gasteiger partial charge in [-0.15, -0.1) is 0 Å². The number of benzene rings is 1. The Kier molecular flexibility index (Phi) is 2.93. The molecule has 17 heavy (non-hydrogen) atoms. The molecule has 0 amide bonds. The summed E-state index contributed by atoms with van der Waals surface area (Å²) in [5.74, 6) is 0.894. The van der Waals surface area contributed by atoms with Gasteiger partial charge in [0.15, 0.2) is 0 Å². The van der Waals surface area contributed by atoms with E-state index in [2.05, 4.69) is 30.0 Å². The first-order chi connectivity index (χ1) is 8.29. The summed E-state index contributed by atoms with van der Waals surface area (Å²) < 4.78 is 0. The maximum Gasteiger partial charge on any atom is 0.0951 e. The predicted molar refractivity (Wildman–Crippen MR) is 68.9 cm³/mol. The number of hydrogen-bond donors (Lipinski definition) is 1. The van der Waals surface area contributed by atoms with Crippen LogP contribution in [0.5, 0.6) is 0 Å². The summed E-state index contributed by atoms with van der Waals surface area (Å²) in [6, 6.07) is 8.64. The van der Waals surface area contributed by atoms with E-state index in [1.54, 1.807) is 0 Å². The van der Waals surface area contributed by atoms with Gasteiger partial charge >= 0.3 is 0 Å². The standard InChI is InChI=1S/C15H21NO/c1-2-16(10-11-7-8-11)14-9-12-5-3-4-6-13(12)15(14)17/h3-6,11,14-15,17H,2,7-10H2,1H3. The SMILES string of the molecule is CCN(CC1CC1)C1Cc2ccccc2C1O. The van der Waals surface area contributed by atoms with Crippen molar-refractivity contribution in [2.24, 2.45) is 5.92 Å². The van der Waals surface area contributed by atoms with Gasteiger partial charge < -0.3 is 5.11 Å². The molecule has 0 radical (unpaired) electrons. The van der Waals surface area contributed by atoms with Crippen molar-refractivity contribution < 1.29 is 5.11 Å². The third kappa shape index (κ3) is 2.12. The molecular formula is C15H21NO. The summed E-state index contributed by atoms with van der Waals surface area (Å²) in [6.07, 6.45) is 3.49. The highest BCUT2D eigenvalue weighted by Crippen LogP contribution is 2.37. The molecule has 0 heterocycles. The molecule has 0 aliphatic heterocycles. The van der Waals surface area contributed by atoms with Crippen LogP contribution in [0.2, 0.25) is 0 Å². The molecule has 2 nitrogen and oxygen atoms in total. The van der Waals surface area contributed by atoms with E-state index in [1.165, 1.54) is 24.9 Å². The predicted octanol–water partition coefficient (Wildman–Crippen LogP) is 2.38. The highest BCUT2D eigenvalue weighted by atomic mass is 16.3. The lowest BCUT2D eigenvalue weighted by Crippen LogP contribution is -2.39. The number of aliphatic hydroxyl groups is 1. The van der Waals surface area contributed by atoms with Crippen LogP contribution in [0, 0.1) is 5.92 Å². The van der Waals surface area contributed by atoms with Crippen LogP contribution in [0.15, 0.2) is 24.3 Å². The number of hydrogen-bond acceptors (Lipinski definition) is 2. The molecule has 1 saturated carbocycles. The monoisotopic (exact) mass is 231 g/mol. The highest BCUT2D eigenvalue weighted by molar-refractivity contribution is 5.35. The molecule has 1 N–H and O–H groups in total. The smallest absolute Gasteiger partial charge is 0.0951 e. The molecule has 0 saturated heterocycles. The quantitative estimate of drug-likeness (QED) is 0.860. The number of aliphatic hydroxyl groups excluding tert-OH is 1. The molecule has 3 rings (SSSR count). The van der Waals surface area contributed by atoms with Crippen LogP contribution in [0.4, 0.5) is 0 Å². The Hall–Kier alpha value is -0.860. The average Bonchev–Trinajstić information content (AvgIpc) is 3.12. The topological polar surface area (TPSA) is 23.5 Å². The van der Waals surface area contributed by atoms with Crippen molar-refractivity contribution in [3.05, 3.63) is 35.4 Å². The normalized spacial score (nSPS) is 27.5. The number of rotatable bonds is 4. The summed E-state index contributed by atoms with van der Waals surface area (Å²) in [5.41, 5.74) is 2.48. The lowest BCUT2D eigenvalue weighted by atomic mass is 10.1. The van der Waals surface area contributed by atoms with Crippen molar-refractivity contribution >= 4 is 0 Å². The molecular weight excluding hydrogens is 210 g/mol. The van der Waals surface area contributed by atoms with Gasteiger partial charge in [0.1, 0.15) is 0 Å². The van der Waals surface area contributed by atoms with Crippen LogP contribution < -0.4 is 0 Å². The molecule has 2 unspecified atom stereocenters. The van der Waals surface area contributed by atoms with Crippen molar-refractivity contribution in [2.75, 3.05) is 13.1 Å². The fraction of sp³-hybridized carbons (Fsp3) is 0.600. The third-order valence-electron chi connectivity index (χ3n) is 4.23. The second-order valence-electron chi connectivity index (χ2n) is 5.45. The first-order valence-electron chi connectivity index (χ1n) is 6.79. The molecule has 1 aromatic rings. The van der Waals surface area contributed by atoms with Crippen LogP contribution >= 0.6 is 0 Å². The maximum absolute atomic E-state index is 10.4. The Morgan fingerprint density at radius 1 is 1.29 bits per heavy atom. The molecule has 2 heteroatoms. The van der Waals surface area contributed by atoms with Crippen LogP contribution in [0.25, 0.3) is 0 Å². The van der Waals surface area contributed by atoms with Gasteiger partial charge in [0, 0.05) is 12.6 Å². The van der Waals surface area contributed by atoms with Gasteiger partial charge in [-0.2, -0.15) is 0 Å². The summed E-state index contributed by atoms with van der Waals surface area (Å²) in [5, 5.41) is 10.4. The average molecular weight is 231 g/mol. The van der Waals surface area contributed by atoms with E-state index in [0.29, 0.717) is 6.04 Å². The van der Waals surface area contributed by atoms with Crippen LogP contribution in [0.3, 0.4) is 0 Å². The van der Waals surface area contributed by atoms with E-state index >= 15 is 0 Å². The zero-order valence-corrected chi connectivity index (χ0v) is 10.5. The minimum absolute atomic E-state index is 0.287. The molecule has 2 aliphatic carbocycles. The Morgan fingerprint density at radius 3 is 2.71 bits per heavy atom. The Morgan fingerprint density at radius 2 is 2.06 bits per heavy atom. The fourth-order valence-corrected chi connectivity index (χ4v) is 3.01.